The quantitative estimate of drug-likeness (QED) is 0.666. The van der Waals surface area contributed by atoms with Crippen LogP contribution >= 0.6 is 0 Å². The Bertz CT molecular complexity index is 710. The molecule has 2 atom stereocenters. The molecule has 0 spiro atoms. The maximum absolute atomic E-state index is 11.8. The van der Waals surface area contributed by atoms with Crippen LogP contribution in [0.15, 0.2) is 30.3 Å². The monoisotopic (exact) mass is 286 g/mol. The summed E-state index contributed by atoms with van der Waals surface area (Å²) in [5.74, 6) is 0.906. The molecule has 1 saturated carbocycles. The van der Waals surface area contributed by atoms with Gasteiger partial charge in [0.25, 0.3) is 5.69 Å². The molecule has 2 unspecified atom stereocenters. The van der Waals surface area contributed by atoms with Gasteiger partial charge < -0.3 is 5.32 Å². The van der Waals surface area contributed by atoms with Gasteiger partial charge in [-0.3, -0.25) is 20.0 Å². The van der Waals surface area contributed by atoms with Crippen molar-refractivity contribution in [1.29, 1.82) is 0 Å². The summed E-state index contributed by atoms with van der Waals surface area (Å²) in [6, 6.07) is 7.91. The number of nitro groups is 1. The number of nitro benzene ring substituents is 1. The topological polar surface area (TPSA) is 101 Å². The van der Waals surface area contributed by atoms with Gasteiger partial charge in [-0.1, -0.05) is 19.1 Å². The van der Waals surface area contributed by atoms with Crippen LogP contribution < -0.4 is 5.32 Å². The van der Waals surface area contributed by atoms with Gasteiger partial charge in [0, 0.05) is 29.7 Å². The minimum absolute atomic E-state index is 0.0134. The lowest BCUT2D eigenvalue weighted by atomic mass is 10.1. The number of hydrogen-bond donors (Lipinski definition) is 2. The lowest BCUT2D eigenvalue weighted by molar-refractivity contribution is -0.384. The molecule has 3 rings (SSSR count). The van der Waals surface area contributed by atoms with Gasteiger partial charge in [-0.15, -0.1) is 0 Å². The first kappa shape index (κ1) is 13.3. The fourth-order valence-corrected chi connectivity index (χ4v) is 2.23. The van der Waals surface area contributed by atoms with E-state index in [9.17, 15) is 14.9 Å². The van der Waals surface area contributed by atoms with Crippen molar-refractivity contribution in [2.24, 2.45) is 11.8 Å². The van der Waals surface area contributed by atoms with E-state index in [0.717, 1.165) is 6.42 Å². The number of benzene rings is 1. The Labute approximate surface area is 120 Å². The summed E-state index contributed by atoms with van der Waals surface area (Å²) in [7, 11) is 0. The van der Waals surface area contributed by atoms with Gasteiger partial charge in [-0.2, -0.15) is 5.10 Å². The molecular formula is C14H14N4O3. The highest BCUT2D eigenvalue weighted by Gasteiger charge is 2.39. The second-order valence-electron chi connectivity index (χ2n) is 5.28. The number of H-pyrrole nitrogens is 1. The molecule has 7 heteroatoms. The molecular weight excluding hydrogens is 272 g/mol. The van der Waals surface area contributed by atoms with Crippen LogP contribution in [0.1, 0.15) is 13.3 Å². The van der Waals surface area contributed by atoms with Crippen molar-refractivity contribution < 1.29 is 9.72 Å². The summed E-state index contributed by atoms with van der Waals surface area (Å²) >= 11 is 0. The Morgan fingerprint density at radius 2 is 2.24 bits per heavy atom. The van der Waals surface area contributed by atoms with Crippen LogP contribution in [0, 0.1) is 22.0 Å². The van der Waals surface area contributed by atoms with Crippen LogP contribution in [0.25, 0.3) is 11.3 Å². The lowest BCUT2D eigenvalue weighted by Gasteiger charge is -1.98. The van der Waals surface area contributed by atoms with E-state index < -0.39 is 4.92 Å². The van der Waals surface area contributed by atoms with Gasteiger partial charge in [0.1, 0.15) is 0 Å². The summed E-state index contributed by atoms with van der Waals surface area (Å²) in [6.45, 7) is 2.03. The summed E-state index contributed by atoms with van der Waals surface area (Å²) < 4.78 is 0. The van der Waals surface area contributed by atoms with E-state index in [4.69, 9.17) is 0 Å². The number of nitrogens with zero attached hydrogens (tertiary/aromatic N) is 2. The number of carbonyl (C=O) groups is 1. The molecule has 1 amide bonds. The second kappa shape index (κ2) is 5.01. The minimum atomic E-state index is -0.447. The largest absolute Gasteiger partial charge is 0.309 e. The molecule has 2 aromatic rings. The molecule has 0 aliphatic heterocycles. The highest BCUT2D eigenvalue weighted by atomic mass is 16.6. The second-order valence-corrected chi connectivity index (χ2v) is 5.28. The Kier molecular flexibility index (Phi) is 3.17. The molecule has 1 aromatic carbocycles. The molecule has 1 aliphatic carbocycles. The molecule has 21 heavy (non-hydrogen) atoms. The maximum atomic E-state index is 11.8. The number of non-ortho nitro benzene ring substituents is 1. The third kappa shape index (κ3) is 2.76. The Morgan fingerprint density at radius 1 is 1.48 bits per heavy atom. The van der Waals surface area contributed by atoms with Crippen LogP contribution in [0.2, 0.25) is 0 Å². The Hall–Kier alpha value is -2.70. The molecule has 0 bridgehead atoms. The zero-order valence-electron chi connectivity index (χ0n) is 11.4. The van der Waals surface area contributed by atoms with E-state index >= 15 is 0 Å². The van der Waals surface area contributed by atoms with Crippen molar-refractivity contribution in [3.8, 4) is 11.3 Å². The third-order valence-corrected chi connectivity index (χ3v) is 3.64. The van der Waals surface area contributed by atoms with Gasteiger partial charge in [-0.25, -0.2) is 0 Å². The number of carbonyl (C=O) groups excluding carboxylic acids is 1. The first-order chi connectivity index (χ1) is 10.0. The summed E-state index contributed by atoms with van der Waals surface area (Å²) in [5.41, 5.74) is 1.29. The number of aromatic amines is 1. The van der Waals surface area contributed by atoms with E-state index in [0.29, 0.717) is 23.0 Å². The number of hydrogen-bond acceptors (Lipinski definition) is 4. The number of rotatable bonds is 4. The first-order valence-corrected chi connectivity index (χ1v) is 6.65. The summed E-state index contributed by atoms with van der Waals surface area (Å²) in [6.07, 6.45) is 0.911. The van der Waals surface area contributed by atoms with Gasteiger partial charge in [0.2, 0.25) is 5.91 Å². The summed E-state index contributed by atoms with van der Waals surface area (Å²) in [4.78, 5) is 22.1. The number of nitrogens with one attached hydrogen (secondary N) is 2. The molecule has 7 nitrogen and oxygen atoms in total. The fourth-order valence-electron chi connectivity index (χ4n) is 2.23. The van der Waals surface area contributed by atoms with Gasteiger partial charge in [0.05, 0.1) is 10.6 Å². The molecule has 108 valence electrons. The van der Waals surface area contributed by atoms with Crippen molar-refractivity contribution in [3.05, 3.63) is 40.4 Å². The normalized spacial score (nSPS) is 20.0. The van der Waals surface area contributed by atoms with Crippen molar-refractivity contribution in [1.82, 2.24) is 10.2 Å². The first-order valence-electron chi connectivity index (χ1n) is 6.65. The van der Waals surface area contributed by atoms with Crippen molar-refractivity contribution in [2.45, 2.75) is 13.3 Å². The number of amides is 1. The molecule has 1 aromatic heterocycles. The Morgan fingerprint density at radius 3 is 2.90 bits per heavy atom. The molecule has 0 radical (unpaired) electrons. The van der Waals surface area contributed by atoms with Crippen molar-refractivity contribution >= 4 is 17.4 Å². The van der Waals surface area contributed by atoms with E-state index in [1.54, 1.807) is 18.2 Å². The summed E-state index contributed by atoms with van der Waals surface area (Å²) in [5, 5.41) is 20.3. The molecule has 1 fully saturated rings. The molecule has 0 saturated heterocycles. The predicted molar refractivity (Wildman–Crippen MR) is 76.6 cm³/mol. The predicted octanol–water partition coefficient (Wildman–Crippen LogP) is 2.58. The highest BCUT2D eigenvalue weighted by Crippen LogP contribution is 2.38. The van der Waals surface area contributed by atoms with Crippen molar-refractivity contribution in [2.75, 3.05) is 5.32 Å². The highest BCUT2D eigenvalue weighted by molar-refractivity contribution is 5.94. The van der Waals surface area contributed by atoms with Gasteiger partial charge in [-0.05, 0) is 12.3 Å². The number of aromatic nitrogens is 2. The van der Waals surface area contributed by atoms with Crippen LogP contribution in [0.4, 0.5) is 11.5 Å². The zero-order chi connectivity index (χ0) is 15.0. The standard InChI is InChI=1S/C14H14N4O3/c1-8-5-11(8)14(19)15-13-7-12(16-17-13)9-3-2-4-10(6-9)18(20)21/h2-4,6-8,11H,5H2,1H3,(H2,15,16,17,19). The Balaban J connectivity index is 1.76. The minimum Gasteiger partial charge on any atom is -0.309 e. The smallest absolute Gasteiger partial charge is 0.270 e. The van der Waals surface area contributed by atoms with Crippen LogP contribution in [0.3, 0.4) is 0 Å². The third-order valence-electron chi connectivity index (χ3n) is 3.64. The molecule has 1 heterocycles. The fraction of sp³-hybridized carbons (Fsp3) is 0.286. The van der Waals surface area contributed by atoms with E-state index in [-0.39, 0.29) is 17.5 Å². The zero-order valence-corrected chi connectivity index (χ0v) is 11.4. The van der Waals surface area contributed by atoms with E-state index in [1.807, 2.05) is 6.92 Å². The van der Waals surface area contributed by atoms with Crippen LogP contribution in [-0.4, -0.2) is 21.0 Å². The lowest BCUT2D eigenvalue weighted by Crippen LogP contribution is -2.14. The number of anilines is 1. The van der Waals surface area contributed by atoms with E-state index in [1.165, 1.54) is 12.1 Å². The average Bonchev–Trinajstić information content (AvgIpc) is 3.02. The van der Waals surface area contributed by atoms with Crippen LogP contribution in [0.5, 0.6) is 0 Å². The SMILES string of the molecule is CC1CC1C(=O)Nc1cc(-c2cccc([N+](=O)[O-])c2)[nH]n1. The van der Waals surface area contributed by atoms with Gasteiger partial charge in [0.15, 0.2) is 5.82 Å². The van der Waals surface area contributed by atoms with Crippen molar-refractivity contribution in [3.63, 3.8) is 0 Å². The van der Waals surface area contributed by atoms with E-state index in [2.05, 4.69) is 15.5 Å². The van der Waals surface area contributed by atoms with Crippen LogP contribution in [-0.2, 0) is 4.79 Å². The molecule has 1 aliphatic rings. The van der Waals surface area contributed by atoms with Gasteiger partial charge >= 0.3 is 0 Å². The molecule has 2 N–H and O–H groups in total. The maximum Gasteiger partial charge on any atom is 0.270 e. The average molecular weight is 286 g/mol.